The van der Waals surface area contributed by atoms with Crippen LogP contribution in [0.4, 0.5) is 13.2 Å². The minimum atomic E-state index is -4.55. The van der Waals surface area contributed by atoms with Crippen LogP contribution < -0.4 is 0 Å². The average molecular weight is 240 g/mol. The van der Waals surface area contributed by atoms with Crippen molar-refractivity contribution in [2.45, 2.75) is 6.18 Å². The molecule has 3 nitrogen and oxygen atoms in total. The molecule has 0 atom stereocenters. The Morgan fingerprint density at radius 3 is 2.53 bits per heavy atom. The van der Waals surface area contributed by atoms with Crippen LogP contribution in [0.1, 0.15) is 15.9 Å². The summed E-state index contributed by atoms with van der Waals surface area (Å²) in [5.74, 6) is -0.754. The van der Waals surface area contributed by atoms with E-state index >= 15 is 0 Å². The molecular weight excluding hydrogens is 233 g/mol. The Kier molecular flexibility index (Phi) is 2.71. The van der Waals surface area contributed by atoms with Crippen LogP contribution in [-0.4, -0.2) is 15.5 Å². The van der Waals surface area contributed by atoms with Crippen LogP contribution in [0.25, 0.3) is 0 Å². The second-order valence-electron chi connectivity index (χ2n) is 3.32. The third-order valence-corrected chi connectivity index (χ3v) is 2.20. The summed E-state index contributed by atoms with van der Waals surface area (Å²) in [7, 11) is 0. The number of carbonyl (C=O) groups excluding carboxylic acids is 1. The molecule has 0 N–H and O–H groups in total. The molecule has 17 heavy (non-hydrogen) atoms. The predicted octanol–water partition coefficient (Wildman–Crippen LogP) is 2.59. The monoisotopic (exact) mass is 240 g/mol. The van der Waals surface area contributed by atoms with E-state index in [0.717, 1.165) is 23.0 Å². The van der Waals surface area contributed by atoms with E-state index < -0.39 is 23.2 Å². The molecule has 0 saturated carbocycles. The van der Waals surface area contributed by atoms with Crippen molar-refractivity contribution in [1.29, 1.82) is 0 Å². The highest BCUT2D eigenvalue weighted by molar-refractivity contribution is 5.97. The lowest BCUT2D eigenvalue weighted by Gasteiger charge is -2.11. The van der Waals surface area contributed by atoms with Gasteiger partial charge < -0.3 is 0 Å². The van der Waals surface area contributed by atoms with Gasteiger partial charge in [-0.15, -0.1) is 0 Å². The largest absolute Gasteiger partial charge is 0.417 e. The number of benzene rings is 1. The van der Waals surface area contributed by atoms with Crippen molar-refractivity contribution in [3.8, 4) is 0 Å². The number of aromatic nitrogens is 2. The Morgan fingerprint density at radius 1 is 1.24 bits per heavy atom. The number of rotatable bonds is 1. The first-order chi connectivity index (χ1) is 8.00. The van der Waals surface area contributed by atoms with Crippen molar-refractivity contribution in [2.24, 2.45) is 0 Å². The van der Waals surface area contributed by atoms with Crippen molar-refractivity contribution in [3.63, 3.8) is 0 Å². The highest BCUT2D eigenvalue weighted by atomic mass is 19.4. The molecule has 0 aliphatic carbocycles. The van der Waals surface area contributed by atoms with Crippen LogP contribution in [0.5, 0.6) is 0 Å². The van der Waals surface area contributed by atoms with Gasteiger partial charge in [-0.1, -0.05) is 12.1 Å². The molecule has 1 heterocycles. The number of nitrogens with zero attached hydrogens (tertiary/aromatic N) is 2. The summed E-state index contributed by atoms with van der Waals surface area (Å²) in [4.78, 5) is 15.4. The normalized spacial score (nSPS) is 11.5. The smallest absolute Gasteiger partial charge is 0.272 e. The zero-order valence-corrected chi connectivity index (χ0v) is 8.48. The Hall–Kier alpha value is -2.11. The predicted molar refractivity (Wildman–Crippen MR) is 53.4 cm³/mol. The molecule has 1 aromatic carbocycles. The van der Waals surface area contributed by atoms with E-state index in [2.05, 4.69) is 4.98 Å². The molecular formula is C11H7F3N2O. The Labute approximate surface area is 94.5 Å². The highest BCUT2D eigenvalue weighted by Crippen LogP contribution is 2.32. The van der Waals surface area contributed by atoms with Crippen LogP contribution in [0.2, 0.25) is 0 Å². The summed E-state index contributed by atoms with van der Waals surface area (Å²) in [6.45, 7) is 0. The van der Waals surface area contributed by atoms with E-state index in [9.17, 15) is 18.0 Å². The van der Waals surface area contributed by atoms with Gasteiger partial charge in [0.2, 0.25) is 0 Å². The fourth-order valence-corrected chi connectivity index (χ4v) is 1.44. The van der Waals surface area contributed by atoms with Gasteiger partial charge in [0.25, 0.3) is 5.91 Å². The topological polar surface area (TPSA) is 34.9 Å². The Morgan fingerprint density at radius 2 is 1.94 bits per heavy atom. The first-order valence-electron chi connectivity index (χ1n) is 4.69. The van der Waals surface area contributed by atoms with E-state index in [1.807, 2.05) is 0 Å². The molecule has 0 amide bonds. The van der Waals surface area contributed by atoms with E-state index in [0.29, 0.717) is 0 Å². The van der Waals surface area contributed by atoms with E-state index in [4.69, 9.17) is 0 Å². The lowest BCUT2D eigenvalue weighted by molar-refractivity contribution is -0.137. The maximum Gasteiger partial charge on any atom is 0.417 e. The van der Waals surface area contributed by atoms with Gasteiger partial charge in [0.15, 0.2) is 0 Å². The lowest BCUT2D eigenvalue weighted by atomic mass is 10.1. The van der Waals surface area contributed by atoms with Gasteiger partial charge in [-0.3, -0.25) is 9.36 Å². The molecule has 0 radical (unpaired) electrons. The van der Waals surface area contributed by atoms with Crippen LogP contribution in [0.3, 0.4) is 0 Å². The fourth-order valence-electron chi connectivity index (χ4n) is 1.44. The molecule has 0 aliphatic heterocycles. The maximum atomic E-state index is 12.7. The summed E-state index contributed by atoms with van der Waals surface area (Å²) in [6.07, 6.45) is -0.758. The van der Waals surface area contributed by atoms with Crippen molar-refractivity contribution in [1.82, 2.24) is 9.55 Å². The van der Waals surface area contributed by atoms with E-state index in [1.54, 1.807) is 0 Å². The fraction of sp³-hybridized carbons (Fsp3) is 0.0909. The molecule has 2 aromatic rings. The molecule has 6 heteroatoms. The average Bonchev–Trinajstić information content (AvgIpc) is 2.80. The summed E-state index contributed by atoms with van der Waals surface area (Å²) in [6, 6.07) is 4.65. The van der Waals surface area contributed by atoms with Crippen molar-refractivity contribution in [2.75, 3.05) is 0 Å². The van der Waals surface area contributed by atoms with Crippen LogP contribution in [0, 0.1) is 0 Å². The van der Waals surface area contributed by atoms with Crippen molar-refractivity contribution >= 4 is 5.91 Å². The number of imidazole rings is 1. The molecule has 0 fully saturated rings. The van der Waals surface area contributed by atoms with Gasteiger partial charge >= 0.3 is 6.18 Å². The molecule has 0 saturated heterocycles. The van der Waals surface area contributed by atoms with Gasteiger partial charge in [0.05, 0.1) is 11.1 Å². The number of halogens is 3. The minimum absolute atomic E-state index is 0.391. The van der Waals surface area contributed by atoms with Crippen molar-refractivity contribution < 1.29 is 18.0 Å². The van der Waals surface area contributed by atoms with E-state index in [1.165, 1.54) is 24.5 Å². The summed E-state index contributed by atoms with van der Waals surface area (Å²) in [5, 5.41) is 0. The van der Waals surface area contributed by atoms with Gasteiger partial charge in [0.1, 0.15) is 6.33 Å². The highest BCUT2D eigenvalue weighted by Gasteiger charge is 2.35. The summed E-state index contributed by atoms with van der Waals surface area (Å²) >= 11 is 0. The zero-order chi connectivity index (χ0) is 12.5. The van der Waals surface area contributed by atoms with E-state index in [-0.39, 0.29) is 0 Å². The standard InChI is InChI=1S/C11H7F3N2O/c12-11(13,14)9-4-2-1-3-8(9)10(17)16-6-5-15-7-16/h1-7H. The van der Waals surface area contributed by atoms with Crippen molar-refractivity contribution in [3.05, 3.63) is 54.1 Å². The number of hydrogen-bond acceptors (Lipinski definition) is 2. The SMILES string of the molecule is O=C(c1ccccc1C(F)(F)F)n1ccnc1. The zero-order valence-electron chi connectivity index (χ0n) is 8.48. The minimum Gasteiger partial charge on any atom is -0.272 e. The molecule has 1 aromatic heterocycles. The molecule has 0 unspecified atom stereocenters. The molecule has 2 rings (SSSR count). The van der Waals surface area contributed by atoms with Gasteiger partial charge in [-0.25, -0.2) is 4.98 Å². The second-order valence-corrected chi connectivity index (χ2v) is 3.32. The lowest BCUT2D eigenvalue weighted by Crippen LogP contribution is -2.17. The third kappa shape index (κ3) is 2.20. The molecule has 0 aliphatic rings. The van der Waals surface area contributed by atoms with Crippen LogP contribution in [0.15, 0.2) is 43.0 Å². The Balaban J connectivity index is 2.50. The summed E-state index contributed by atoms with van der Waals surface area (Å²) < 4.78 is 39.0. The number of carbonyl (C=O) groups is 1. The first kappa shape index (κ1) is 11.4. The second kappa shape index (κ2) is 4.04. The van der Waals surface area contributed by atoms with Gasteiger partial charge in [-0.05, 0) is 12.1 Å². The molecule has 0 bridgehead atoms. The summed E-state index contributed by atoms with van der Waals surface area (Å²) in [5.41, 5.74) is -1.34. The third-order valence-electron chi connectivity index (χ3n) is 2.20. The Bertz CT molecular complexity index is 532. The first-order valence-corrected chi connectivity index (χ1v) is 4.69. The molecule has 0 spiro atoms. The number of alkyl halides is 3. The quantitative estimate of drug-likeness (QED) is 0.767. The number of hydrogen-bond donors (Lipinski definition) is 0. The van der Waals surface area contributed by atoms with Gasteiger partial charge in [0, 0.05) is 12.4 Å². The van der Waals surface area contributed by atoms with Crippen LogP contribution >= 0.6 is 0 Å². The molecule has 88 valence electrons. The van der Waals surface area contributed by atoms with Gasteiger partial charge in [-0.2, -0.15) is 13.2 Å². The van der Waals surface area contributed by atoms with Crippen LogP contribution in [-0.2, 0) is 6.18 Å². The maximum absolute atomic E-state index is 12.7.